The first kappa shape index (κ1) is 13.4. The molecule has 0 amide bonds. The largest absolute Gasteiger partial charge is 0.468 e. The van der Waals surface area contributed by atoms with E-state index in [4.69, 9.17) is 0 Å². The van der Waals surface area contributed by atoms with Crippen LogP contribution in [0.3, 0.4) is 0 Å². The highest BCUT2D eigenvalue weighted by atomic mass is 16.5. The van der Waals surface area contributed by atoms with Gasteiger partial charge in [-0.25, -0.2) is 0 Å². The fourth-order valence-electron chi connectivity index (χ4n) is 1.03. The van der Waals surface area contributed by atoms with Gasteiger partial charge in [-0.1, -0.05) is 6.92 Å². The van der Waals surface area contributed by atoms with E-state index < -0.39 is 0 Å². The van der Waals surface area contributed by atoms with Crippen LogP contribution in [0.4, 0.5) is 0 Å². The van der Waals surface area contributed by atoms with E-state index in [-0.39, 0.29) is 12.0 Å². The Morgan fingerprint density at radius 1 is 1.50 bits per heavy atom. The highest BCUT2D eigenvalue weighted by Gasteiger charge is 2.17. The second kappa shape index (κ2) is 6.79. The zero-order chi connectivity index (χ0) is 11.1. The summed E-state index contributed by atoms with van der Waals surface area (Å²) in [6.07, 6.45) is 0.757. The molecule has 0 saturated carbocycles. The van der Waals surface area contributed by atoms with Crippen molar-refractivity contribution < 1.29 is 9.53 Å². The molecule has 4 heteroatoms. The fraction of sp³-hybridized carbons (Fsp3) is 0.900. The Hall–Kier alpha value is -0.610. The first-order valence-corrected chi connectivity index (χ1v) is 5.00. The standard InChI is InChI=1S/C10H22N2O2/c1-6-9(10(13)14-5)11-7-8(2)12(3)4/h8-9,11H,6-7H2,1-5H3. The van der Waals surface area contributed by atoms with Gasteiger partial charge in [0.1, 0.15) is 6.04 Å². The van der Waals surface area contributed by atoms with E-state index in [0.717, 1.165) is 13.0 Å². The first-order valence-electron chi connectivity index (χ1n) is 5.00. The summed E-state index contributed by atoms with van der Waals surface area (Å²) < 4.78 is 4.68. The van der Waals surface area contributed by atoms with Crippen molar-refractivity contribution in [3.63, 3.8) is 0 Å². The van der Waals surface area contributed by atoms with Gasteiger partial charge in [-0.3, -0.25) is 4.79 Å². The van der Waals surface area contributed by atoms with Crippen LogP contribution in [0, 0.1) is 0 Å². The van der Waals surface area contributed by atoms with Gasteiger partial charge < -0.3 is 15.0 Å². The molecular formula is C10H22N2O2. The molecule has 0 spiro atoms. The number of carbonyl (C=O) groups is 1. The highest BCUT2D eigenvalue weighted by molar-refractivity contribution is 5.75. The van der Waals surface area contributed by atoms with E-state index in [1.54, 1.807) is 0 Å². The average Bonchev–Trinajstić information content (AvgIpc) is 2.17. The van der Waals surface area contributed by atoms with Gasteiger partial charge in [0.15, 0.2) is 0 Å². The molecule has 0 fully saturated rings. The number of hydrogen-bond acceptors (Lipinski definition) is 4. The van der Waals surface area contributed by atoms with Crippen LogP contribution in [0.15, 0.2) is 0 Å². The first-order chi connectivity index (χ1) is 6.52. The monoisotopic (exact) mass is 202 g/mol. The van der Waals surface area contributed by atoms with Crippen molar-refractivity contribution in [2.45, 2.75) is 32.4 Å². The third kappa shape index (κ3) is 4.58. The number of hydrogen-bond donors (Lipinski definition) is 1. The molecule has 0 saturated heterocycles. The van der Waals surface area contributed by atoms with Crippen LogP contribution in [0.5, 0.6) is 0 Å². The Bertz CT molecular complexity index is 172. The third-order valence-corrected chi connectivity index (χ3v) is 2.44. The number of esters is 1. The van der Waals surface area contributed by atoms with Crippen molar-refractivity contribution in [1.29, 1.82) is 0 Å². The van der Waals surface area contributed by atoms with E-state index in [1.165, 1.54) is 7.11 Å². The maximum absolute atomic E-state index is 11.2. The summed E-state index contributed by atoms with van der Waals surface area (Å²) in [6, 6.07) is 0.233. The van der Waals surface area contributed by atoms with Crippen LogP contribution in [-0.4, -0.2) is 50.7 Å². The van der Waals surface area contributed by atoms with Crippen molar-refractivity contribution in [3.8, 4) is 0 Å². The molecule has 0 aliphatic carbocycles. The van der Waals surface area contributed by atoms with E-state index >= 15 is 0 Å². The summed E-state index contributed by atoms with van der Waals surface area (Å²) in [5, 5.41) is 3.18. The maximum atomic E-state index is 11.2. The second-order valence-electron chi connectivity index (χ2n) is 3.70. The lowest BCUT2D eigenvalue weighted by atomic mass is 10.2. The molecule has 0 rings (SSSR count). The van der Waals surface area contributed by atoms with Gasteiger partial charge in [-0.15, -0.1) is 0 Å². The van der Waals surface area contributed by atoms with Gasteiger partial charge in [-0.2, -0.15) is 0 Å². The molecule has 0 aromatic rings. The van der Waals surface area contributed by atoms with Crippen LogP contribution in [0.25, 0.3) is 0 Å². The Morgan fingerprint density at radius 3 is 2.43 bits per heavy atom. The minimum absolute atomic E-state index is 0.178. The summed E-state index contributed by atoms with van der Waals surface area (Å²) >= 11 is 0. The SMILES string of the molecule is CCC(NCC(C)N(C)C)C(=O)OC. The Morgan fingerprint density at radius 2 is 2.07 bits per heavy atom. The van der Waals surface area contributed by atoms with Crippen molar-refractivity contribution >= 4 is 5.97 Å². The summed E-state index contributed by atoms with van der Waals surface area (Å²) in [5.41, 5.74) is 0. The predicted octanol–water partition coefficient (Wildman–Crippen LogP) is 0.478. The molecule has 0 aromatic heterocycles. The zero-order valence-electron chi connectivity index (χ0n) is 9.83. The van der Waals surface area contributed by atoms with Crippen LogP contribution in [0.2, 0.25) is 0 Å². The van der Waals surface area contributed by atoms with E-state index in [0.29, 0.717) is 6.04 Å². The summed E-state index contributed by atoms with van der Waals surface area (Å²) in [5.74, 6) is -0.182. The molecule has 0 heterocycles. The van der Waals surface area contributed by atoms with E-state index in [2.05, 4.69) is 21.9 Å². The molecule has 84 valence electrons. The Labute approximate surface area is 86.6 Å². The normalized spacial score (nSPS) is 15.3. The molecule has 0 aliphatic heterocycles. The zero-order valence-corrected chi connectivity index (χ0v) is 9.83. The van der Waals surface area contributed by atoms with E-state index in [1.807, 2.05) is 21.0 Å². The molecule has 4 nitrogen and oxygen atoms in total. The van der Waals surface area contributed by atoms with Crippen LogP contribution < -0.4 is 5.32 Å². The van der Waals surface area contributed by atoms with Crippen molar-refractivity contribution in [2.75, 3.05) is 27.7 Å². The number of carbonyl (C=O) groups excluding carboxylic acids is 1. The van der Waals surface area contributed by atoms with E-state index in [9.17, 15) is 4.79 Å². The molecule has 0 aliphatic rings. The Balaban J connectivity index is 3.89. The lowest BCUT2D eigenvalue weighted by molar-refractivity contribution is -0.143. The third-order valence-electron chi connectivity index (χ3n) is 2.44. The topological polar surface area (TPSA) is 41.6 Å². The summed E-state index contributed by atoms with van der Waals surface area (Å²) in [4.78, 5) is 13.3. The van der Waals surface area contributed by atoms with Crippen LogP contribution in [-0.2, 0) is 9.53 Å². The number of methoxy groups -OCH3 is 1. The van der Waals surface area contributed by atoms with Crippen LogP contribution >= 0.6 is 0 Å². The molecule has 0 radical (unpaired) electrons. The Kier molecular flexibility index (Phi) is 6.49. The minimum atomic E-state index is -0.182. The predicted molar refractivity (Wildman–Crippen MR) is 57.2 cm³/mol. The molecule has 0 aromatic carbocycles. The van der Waals surface area contributed by atoms with Crippen molar-refractivity contribution in [2.24, 2.45) is 0 Å². The number of nitrogens with zero attached hydrogens (tertiary/aromatic N) is 1. The fourth-order valence-corrected chi connectivity index (χ4v) is 1.03. The van der Waals surface area contributed by atoms with Gasteiger partial charge >= 0.3 is 5.97 Å². The second-order valence-corrected chi connectivity index (χ2v) is 3.70. The molecule has 14 heavy (non-hydrogen) atoms. The number of likely N-dealkylation sites (N-methyl/N-ethyl adjacent to an activating group) is 1. The quantitative estimate of drug-likeness (QED) is 0.636. The molecule has 2 unspecified atom stereocenters. The lowest BCUT2D eigenvalue weighted by Crippen LogP contribution is -2.44. The van der Waals surface area contributed by atoms with Gasteiger partial charge in [0.2, 0.25) is 0 Å². The number of ether oxygens (including phenoxy) is 1. The molecule has 1 N–H and O–H groups in total. The smallest absolute Gasteiger partial charge is 0.322 e. The molecule has 0 bridgehead atoms. The average molecular weight is 202 g/mol. The van der Waals surface area contributed by atoms with Crippen molar-refractivity contribution in [1.82, 2.24) is 10.2 Å². The summed E-state index contributed by atoms with van der Waals surface area (Å²) in [7, 11) is 5.46. The lowest BCUT2D eigenvalue weighted by Gasteiger charge is -2.22. The van der Waals surface area contributed by atoms with Crippen LogP contribution in [0.1, 0.15) is 20.3 Å². The molecule has 2 atom stereocenters. The van der Waals surface area contributed by atoms with Gasteiger partial charge in [0.25, 0.3) is 0 Å². The highest BCUT2D eigenvalue weighted by Crippen LogP contribution is 1.96. The van der Waals surface area contributed by atoms with Gasteiger partial charge in [-0.05, 0) is 27.4 Å². The number of rotatable bonds is 6. The summed E-state index contributed by atoms with van der Waals surface area (Å²) in [6.45, 7) is 4.87. The maximum Gasteiger partial charge on any atom is 0.322 e. The van der Waals surface area contributed by atoms with Gasteiger partial charge in [0.05, 0.1) is 7.11 Å². The minimum Gasteiger partial charge on any atom is -0.468 e. The molecular weight excluding hydrogens is 180 g/mol. The number of nitrogens with one attached hydrogen (secondary N) is 1. The van der Waals surface area contributed by atoms with Crippen molar-refractivity contribution in [3.05, 3.63) is 0 Å². The van der Waals surface area contributed by atoms with Gasteiger partial charge in [0, 0.05) is 12.6 Å².